The summed E-state index contributed by atoms with van der Waals surface area (Å²) in [5, 5.41) is 8.64. The predicted octanol–water partition coefficient (Wildman–Crippen LogP) is 1.02. The Bertz CT molecular complexity index is 195. The second-order valence-corrected chi connectivity index (χ2v) is 3.40. The molecule has 1 N–H and O–H groups in total. The second kappa shape index (κ2) is 3.52. The molecule has 0 aliphatic carbocycles. The van der Waals surface area contributed by atoms with Gasteiger partial charge in [-0.25, -0.2) is 4.99 Å². The number of hydrogen-bond acceptors (Lipinski definition) is 3. The fraction of sp³-hybridized carbons (Fsp3) is 0.667. The molecule has 0 fully saturated rings. The molecule has 1 rings (SSSR count). The van der Waals surface area contributed by atoms with Crippen molar-refractivity contribution in [2.45, 2.75) is 16.8 Å². The molecular formula is C6H8Cl2N2O. The van der Waals surface area contributed by atoms with Gasteiger partial charge in [0.05, 0.1) is 0 Å². The van der Waals surface area contributed by atoms with Crippen LogP contribution in [-0.4, -0.2) is 34.6 Å². The summed E-state index contributed by atoms with van der Waals surface area (Å²) in [7, 11) is 0. The zero-order chi connectivity index (χ0) is 8.32. The summed E-state index contributed by atoms with van der Waals surface area (Å²) < 4.78 is 0. The smallest absolute Gasteiger partial charge is 0.149 e. The Hall–Kier alpha value is -0.120. The normalized spacial score (nSPS) is 36.1. The number of rotatable bonds is 2. The van der Waals surface area contributed by atoms with Crippen molar-refractivity contribution in [3.63, 3.8) is 0 Å². The molecule has 62 valence electrons. The largest absolute Gasteiger partial charge is 0.396 e. The molecule has 1 aliphatic heterocycles. The highest BCUT2D eigenvalue weighted by molar-refractivity contribution is 6.39. The molecule has 1 heterocycles. The van der Waals surface area contributed by atoms with Gasteiger partial charge in [-0.15, -0.1) is 11.6 Å². The molecule has 0 saturated heterocycles. The first kappa shape index (κ1) is 8.97. The summed E-state index contributed by atoms with van der Waals surface area (Å²) in [6, 6.07) is 0. The first-order valence-electron chi connectivity index (χ1n) is 3.19. The van der Waals surface area contributed by atoms with Gasteiger partial charge < -0.3 is 5.11 Å². The summed E-state index contributed by atoms with van der Waals surface area (Å²) in [6.07, 6.45) is 3.23. The van der Waals surface area contributed by atoms with Crippen molar-refractivity contribution >= 4 is 35.8 Å². The van der Waals surface area contributed by atoms with Crippen molar-refractivity contribution in [1.29, 1.82) is 0 Å². The van der Waals surface area contributed by atoms with Gasteiger partial charge in [0.2, 0.25) is 0 Å². The molecule has 2 atom stereocenters. The summed E-state index contributed by atoms with van der Waals surface area (Å²) in [5.74, 6) is 0. The highest BCUT2D eigenvalue weighted by Gasteiger charge is 2.34. The van der Waals surface area contributed by atoms with Gasteiger partial charge in [0, 0.05) is 12.8 Å². The Morgan fingerprint density at radius 3 is 2.91 bits per heavy atom. The topological polar surface area (TPSA) is 45.0 Å². The van der Waals surface area contributed by atoms with E-state index in [0.29, 0.717) is 6.42 Å². The van der Waals surface area contributed by atoms with Gasteiger partial charge in [-0.1, -0.05) is 11.6 Å². The summed E-state index contributed by atoms with van der Waals surface area (Å²) >= 11 is 11.7. The van der Waals surface area contributed by atoms with Crippen molar-refractivity contribution in [2.24, 2.45) is 9.98 Å². The standard InChI is InChI=1S/C6H8Cl2N2O/c7-5-6(8,1-2-11)3-9-4-10-5/h3-5,11H,1-2H2. The van der Waals surface area contributed by atoms with E-state index >= 15 is 0 Å². The third-order valence-corrected chi connectivity index (χ3v) is 2.55. The number of halogens is 2. The molecule has 0 aromatic carbocycles. The van der Waals surface area contributed by atoms with E-state index < -0.39 is 10.4 Å². The molecule has 0 saturated carbocycles. The average molecular weight is 195 g/mol. The molecule has 5 heteroatoms. The number of nitrogens with zero attached hydrogens (tertiary/aromatic N) is 2. The van der Waals surface area contributed by atoms with Crippen LogP contribution in [0.4, 0.5) is 0 Å². The van der Waals surface area contributed by atoms with E-state index in [4.69, 9.17) is 28.3 Å². The van der Waals surface area contributed by atoms with Crippen LogP contribution in [-0.2, 0) is 0 Å². The van der Waals surface area contributed by atoms with Crippen LogP contribution in [0.2, 0.25) is 0 Å². The van der Waals surface area contributed by atoms with Crippen molar-refractivity contribution in [1.82, 2.24) is 0 Å². The van der Waals surface area contributed by atoms with E-state index in [2.05, 4.69) is 9.98 Å². The maximum Gasteiger partial charge on any atom is 0.149 e. The maximum atomic E-state index is 8.64. The number of aliphatic imine (C=N–C) groups is 2. The van der Waals surface area contributed by atoms with Gasteiger partial charge in [-0.2, -0.15) is 0 Å². The molecular weight excluding hydrogens is 187 g/mol. The second-order valence-electron chi connectivity index (χ2n) is 2.28. The third kappa shape index (κ3) is 1.92. The van der Waals surface area contributed by atoms with Crippen molar-refractivity contribution in [3.8, 4) is 0 Å². The SMILES string of the molecule is OCCC1(Cl)C=NC=NC1Cl. The Balaban J connectivity index is 2.68. The van der Waals surface area contributed by atoms with E-state index in [1.807, 2.05) is 0 Å². The highest BCUT2D eigenvalue weighted by atomic mass is 35.5. The van der Waals surface area contributed by atoms with E-state index in [9.17, 15) is 0 Å². The van der Waals surface area contributed by atoms with E-state index in [1.165, 1.54) is 12.6 Å². The fourth-order valence-corrected chi connectivity index (χ4v) is 1.21. The van der Waals surface area contributed by atoms with Gasteiger partial charge in [-0.05, 0) is 6.42 Å². The quantitative estimate of drug-likeness (QED) is 0.518. The Kier molecular flexibility index (Phi) is 2.87. The van der Waals surface area contributed by atoms with Gasteiger partial charge >= 0.3 is 0 Å². The van der Waals surface area contributed by atoms with Crippen LogP contribution >= 0.6 is 23.2 Å². The number of aliphatic hydroxyl groups excluding tert-OH is 1. The Morgan fingerprint density at radius 2 is 2.36 bits per heavy atom. The lowest BCUT2D eigenvalue weighted by Crippen LogP contribution is -2.36. The van der Waals surface area contributed by atoms with Crippen LogP contribution in [0.25, 0.3) is 0 Å². The van der Waals surface area contributed by atoms with Crippen molar-refractivity contribution in [2.75, 3.05) is 6.61 Å². The lowest BCUT2D eigenvalue weighted by atomic mass is 10.1. The van der Waals surface area contributed by atoms with Crippen LogP contribution in [0.1, 0.15) is 6.42 Å². The lowest BCUT2D eigenvalue weighted by molar-refractivity contribution is 0.278. The van der Waals surface area contributed by atoms with Crippen LogP contribution in [0.3, 0.4) is 0 Å². The average Bonchev–Trinajstić information content (AvgIpc) is 1.96. The third-order valence-electron chi connectivity index (χ3n) is 1.44. The summed E-state index contributed by atoms with van der Waals surface area (Å²) in [5.41, 5.74) is -0.534. The van der Waals surface area contributed by atoms with Gasteiger partial charge in [0.25, 0.3) is 0 Å². The Morgan fingerprint density at radius 1 is 1.64 bits per heavy atom. The van der Waals surface area contributed by atoms with Crippen LogP contribution in [0, 0.1) is 0 Å². The number of alkyl halides is 2. The zero-order valence-corrected chi connectivity index (χ0v) is 7.26. The van der Waals surface area contributed by atoms with Crippen molar-refractivity contribution < 1.29 is 5.11 Å². The van der Waals surface area contributed by atoms with Gasteiger partial charge in [0.1, 0.15) is 16.7 Å². The number of aliphatic hydroxyl groups is 1. The van der Waals surface area contributed by atoms with Gasteiger partial charge in [-0.3, -0.25) is 4.99 Å². The number of hydrogen-bond donors (Lipinski definition) is 1. The first-order valence-corrected chi connectivity index (χ1v) is 4.00. The predicted molar refractivity (Wildman–Crippen MR) is 46.9 cm³/mol. The molecule has 1 aliphatic rings. The molecule has 0 amide bonds. The summed E-state index contributed by atoms with van der Waals surface area (Å²) in [4.78, 5) is 6.74. The monoisotopic (exact) mass is 194 g/mol. The highest BCUT2D eigenvalue weighted by Crippen LogP contribution is 2.28. The molecule has 0 aromatic heterocycles. The molecule has 2 unspecified atom stereocenters. The maximum absolute atomic E-state index is 8.64. The molecule has 0 aromatic rings. The minimum Gasteiger partial charge on any atom is -0.396 e. The van der Waals surface area contributed by atoms with Crippen LogP contribution in [0.5, 0.6) is 0 Å². The fourth-order valence-electron chi connectivity index (χ4n) is 0.795. The molecule has 3 nitrogen and oxygen atoms in total. The summed E-state index contributed by atoms with van der Waals surface area (Å²) in [6.45, 7) is -0.0196. The van der Waals surface area contributed by atoms with E-state index in [-0.39, 0.29) is 6.61 Å². The first-order chi connectivity index (χ1) is 5.19. The van der Waals surface area contributed by atoms with E-state index in [1.54, 1.807) is 0 Å². The molecule has 0 radical (unpaired) electrons. The molecule has 11 heavy (non-hydrogen) atoms. The Labute approximate surface area is 74.7 Å². The minimum atomic E-state index is -0.814. The molecule has 0 bridgehead atoms. The molecule has 0 spiro atoms. The van der Waals surface area contributed by atoms with Crippen molar-refractivity contribution in [3.05, 3.63) is 0 Å². The van der Waals surface area contributed by atoms with Crippen LogP contribution in [0.15, 0.2) is 9.98 Å². The van der Waals surface area contributed by atoms with E-state index in [0.717, 1.165) is 0 Å². The lowest BCUT2D eigenvalue weighted by Gasteiger charge is -2.25. The van der Waals surface area contributed by atoms with Gasteiger partial charge in [0.15, 0.2) is 0 Å². The zero-order valence-electron chi connectivity index (χ0n) is 5.74. The minimum absolute atomic E-state index is 0.0196. The van der Waals surface area contributed by atoms with Crippen LogP contribution < -0.4 is 0 Å².